The van der Waals surface area contributed by atoms with Crippen LogP contribution >= 0.6 is 11.6 Å². The van der Waals surface area contributed by atoms with Crippen LogP contribution in [-0.2, 0) is 11.3 Å². The molecule has 0 saturated carbocycles. The molecule has 0 unspecified atom stereocenters. The molecule has 1 amide bonds. The topological polar surface area (TPSA) is 40.5 Å². The van der Waals surface area contributed by atoms with Crippen LogP contribution in [0.15, 0.2) is 48.5 Å². The number of carbonyl (C=O) groups is 1. The molecule has 0 aromatic heterocycles. The molecule has 2 rings (SSSR count). The second-order valence-corrected chi connectivity index (χ2v) is 4.28. The summed E-state index contributed by atoms with van der Waals surface area (Å²) in [5.41, 5.74) is 1.43. The summed E-state index contributed by atoms with van der Waals surface area (Å²) in [7, 11) is 0. The van der Waals surface area contributed by atoms with E-state index >= 15 is 0 Å². The number of para-hydroxylation sites is 2. The molecule has 0 atom stereocenters. The van der Waals surface area contributed by atoms with Gasteiger partial charge in [0.15, 0.2) is 0 Å². The number of anilines is 1. The molecule has 1 N–H and O–H groups in total. The van der Waals surface area contributed by atoms with Gasteiger partial charge in [0.1, 0.15) is 5.75 Å². The fourth-order valence-electron chi connectivity index (χ4n) is 1.67. The fraction of sp³-hybridized carbons (Fsp3) is 0.0714. The largest absolute Gasteiger partial charge is 0.506 e. The highest BCUT2D eigenvalue weighted by Gasteiger charge is 2.09. The smallest absolute Gasteiger partial charge is 0.214 e. The number of rotatable bonds is 4. The van der Waals surface area contributed by atoms with Crippen molar-refractivity contribution >= 4 is 23.7 Å². The molecule has 0 aliphatic carbocycles. The van der Waals surface area contributed by atoms with Crippen LogP contribution in [0.4, 0.5) is 5.69 Å². The van der Waals surface area contributed by atoms with Crippen molar-refractivity contribution in [3.8, 4) is 5.75 Å². The Labute approximate surface area is 110 Å². The first kappa shape index (κ1) is 12.5. The minimum Gasteiger partial charge on any atom is -0.506 e. The third-order valence-corrected chi connectivity index (χ3v) is 2.84. The number of hydrogen-bond donors (Lipinski definition) is 1. The molecule has 0 radical (unpaired) electrons. The average Bonchev–Trinajstić information content (AvgIpc) is 2.39. The van der Waals surface area contributed by atoms with Crippen LogP contribution in [0, 0.1) is 0 Å². The van der Waals surface area contributed by atoms with Crippen molar-refractivity contribution < 1.29 is 9.90 Å². The molecule has 3 nitrogen and oxygen atoms in total. The van der Waals surface area contributed by atoms with Crippen molar-refractivity contribution in [2.75, 3.05) is 4.90 Å². The zero-order valence-corrected chi connectivity index (χ0v) is 10.3. The Morgan fingerprint density at radius 3 is 2.39 bits per heavy atom. The maximum atomic E-state index is 11.1. The lowest BCUT2D eigenvalue weighted by Gasteiger charge is -2.18. The van der Waals surface area contributed by atoms with Crippen molar-refractivity contribution in [2.24, 2.45) is 0 Å². The molecule has 92 valence electrons. The van der Waals surface area contributed by atoms with Crippen molar-refractivity contribution in [3.05, 3.63) is 59.1 Å². The maximum Gasteiger partial charge on any atom is 0.214 e. The van der Waals surface area contributed by atoms with Gasteiger partial charge in [-0.15, -0.1) is 0 Å². The SMILES string of the molecule is O=CN(Cc1ccc(Cl)cc1)c1ccccc1O. The first-order chi connectivity index (χ1) is 8.70. The summed E-state index contributed by atoms with van der Waals surface area (Å²) in [6.45, 7) is 0.387. The number of phenolic OH excluding ortho intramolecular Hbond substituents is 1. The number of nitrogens with zero attached hydrogens (tertiary/aromatic N) is 1. The van der Waals surface area contributed by atoms with Crippen LogP contribution in [0.5, 0.6) is 5.75 Å². The number of aromatic hydroxyl groups is 1. The number of phenols is 1. The lowest BCUT2D eigenvalue weighted by atomic mass is 10.2. The van der Waals surface area contributed by atoms with E-state index in [0.29, 0.717) is 23.7 Å². The maximum absolute atomic E-state index is 11.1. The molecule has 2 aromatic carbocycles. The monoisotopic (exact) mass is 261 g/mol. The highest BCUT2D eigenvalue weighted by atomic mass is 35.5. The van der Waals surface area contributed by atoms with Gasteiger partial charge in [0, 0.05) is 5.02 Å². The highest BCUT2D eigenvalue weighted by molar-refractivity contribution is 6.30. The summed E-state index contributed by atoms with van der Waals surface area (Å²) in [6, 6.07) is 14.0. The van der Waals surface area contributed by atoms with Gasteiger partial charge in [-0.1, -0.05) is 35.9 Å². The second kappa shape index (κ2) is 5.56. The summed E-state index contributed by atoms with van der Waals surface area (Å²) in [4.78, 5) is 12.6. The molecule has 2 aromatic rings. The lowest BCUT2D eigenvalue weighted by Crippen LogP contribution is -2.20. The van der Waals surface area contributed by atoms with E-state index in [1.165, 1.54) is 4.90 Å². The number of benzene rings is 2. The first-order valence-electron chi connectivity index (χ1n) is 5.45. The molecule has 0 heterocycles. The summed E-state index contributed by atoms with van der Waals surface area (Å²) < 4.78 is 0. The van der Waals surface area contributed by atoms with Crippen LogP contribution in [0.1, 0.15) is 5.56 Å². The average molecular weight is 262 g/mol. The molecule has 0 spiro atoms. The van der Waals surface area contributed by atoms with E-state index in [9.17, 15) is 9.90 Å². The number of halogens is 1. The van der Waals surface area contributed by atoms with Gasteiger partial charge >= 0.3 is 0 Å². The van der Waals surface area contributed by atoms with E-state index in [2.05, 4.69) is 0 Å². The third-order valence-electron chi connectivity index (χ3n) is 2.58. The Morgan fingerprint density at radius 1 is 1.11 bits per heavy atom. The first-order valence-corrected chi connectivity index (χ1v) is 5.83. The summed E-state index contributed by atoms with van der Waals surface area (Å²) in [6.07, 6.45) is 0.698. The lowest BCUT2D eigenvalue weighted by molar-refractivity contribution is -0.107. The van der Waals surface area contributed by atoms with Crippen molar-refractivity contribution in [3.63, 3.8) is 0 Å². The van der Waals surface area contributed by atoms with E-state index in [1.807, 2.05) is 12.1 Å². The van der Waals surface area contributed by atoms with Gasteiger partial charge in [0.25, 0.3) is 0 Å². The molecule has 0 aliphatic heterocycles. The summed E-state index contributed by atoms with van der Waals surface area (Å²) in [5, 5.41) is 10.4. The van der Waals surface area contributed by atoms with Gasteiger partial charge in [-0.2, -0.15) is 0 Å². The van der Waals surface area contributed by atoms with E-state index in [-0.39, 0.29) is 5.75 Å². The molecular weight excluding hydrogens is 250 g/mol. The Morgan fingerprint density at radius 2 is 1.78 bits per heavy atom. The number of carbonyl (C=O) groups excluding carboxylic acids is 1. The zero-order chi connectivity index (χ0) is 13.0. The molecule has 0 bridgehead atoms. The van der Waals surface area contributed by atoms with Gasteiger partial charge < -0.3 is 10.0 Å². The molecular formula is C14H12ClNO2. The van der Waals surface area contributed by atoms with Gasteiger partial charge in [-0.25, -0.2) is 0 Å². The Kier molecular flexibility index (Phi) is 3.85. The minimum atomic E-state index is 0.0820. The van der Waals surface area contributed by atoms with E-state index in [0.717, 1.165) is 5.56 Å². The van der Waals surface area contributed by atoms with Crippen molar-refractivity contribution in [2.45, 2.75) is 6.54 Å². The second-order valence-electron chi connectivity index (χ2n) is 3.85. The fourth-order valence-corrected chi connectivity index (χ4v) is 1.80. The third kappa shape index (κ3) is 2.81. The zero-order valence-electron chi connectivity index (χ0n) is 9.58. The Balaban J connectivity index is 2.22. The quantitative estimate of drug-likeness (QED) is 0.859. The van der Waals surface area contributed by atoms with E-state index in [4.69, 9.17) is 11.6 Å². The summed E-state index contributed by atoms with van der Waals surface area (Å²) >= 11 is 5.80. The number of amides is 1. The van der Waals surface area contributed by atoms with Gasteiger partial charge in [0.2, 0.25) is 6.41 Å². The standard InChI is InChI=1S/C14H12ClNO2/c15-12-7-5-11(6-8-12)9-16(10-17)13-3-1-2-4-14(13)18/h1-8,10,18H,9H2. The van der Waals surface area contributed by atoms with Crippen molar-refractivity contribution in [1.29, 1.82) is 0 Å². The van der Waals surface area contributed by atoms with Crippen molar-refractivity contribution in [1.82, 2.24) is 0 Å². The van der Waals surface area contributed by atoms with Gasteiger partial charge in [-0.3, -0.25) is 4.79 Å². The van der Waals surface area contributed by atoms with Crippen LogP contribution in [0.2, 0.25) is 5.02 Å². The van der Waals surface area contributed by atoms with E-state index in [1.54, 1.807) is 36.4 Å². The van der Waals surface area contributed by atoms with Crippen LogP contribution in [0.3, 0.4) is 0 Å². The van der Waals surface area contributed by atoms with Crippen LogP contribution < -0.4 is 4.90 Å². The van der Waals surface area contributed by atoms with Gasteiger partial charge in [-0.05, 0) is 29.8 Å². The number of hydrogen-bond acceptors (Lipinski definition) is 2. The molecule has 4 heteroatoms. The molecule has 18 heavy (non-hydrogen) atoms. The van der Waals surface area contributed by atoms with E-state index < -0.39 is 0 Å². The Bertz CT molecular complexity index is 540. The highest BCUT2D eigenvalue weighted by Crippen LogP contribution is 2.26. The molecule has 0 saturated heterocycles. The summed E-state index contributed by atoms with van der Waals surface area (Å²) in [5.74, 6) is 0.0820. The molecule has 0 fully saturated rings. The van der Waals surface area contributed by atoms with Gasteiger partial charge in [0.05, 0.1) is 12.2 Å². The predicted molar refractivity (Wildman–Crippen MR) is 71.8 cm³/mol. The minimum absolute atomic E-state index is 0.0820. The van der Waals surface area contributed by atoms with Crippen LogP contribution in [-0.4, -0.2) is 11.5 Å². The van der Waals surface area contributed by atoms with Crippen LogP contribution in [0.25, 0.3) is 0 Å². The Hall–Kier alpha value is -2.00. The predicted octanol–water partition coefficient (Wildman–Crippen LogP) is 3.21. The normalized spacial score (nSPS) is 10.1. The molecule has 0 aliphatic rings.